The number of ether oxygens (including phenoxy) is 2. The molecule has 0 amide bonds. The van der Waals surface area contributed by atoms with Gasteiger partial charge in [-0.1, -0.05) is 0 Å². The van der Waals surface area contributed by atoms with Crippen LogP contribution in [0, 0.1) is 0 Å². The Kier molecular flexibility index (Phi) is 4.26. The van der Waals surface area contributed by atoms with Crippen molar-refractivity contribution < 1.29 is 23.0 Å². The summed E-state index contributed by atoms with van der Waals surface area (Å²) >= 11 is -2.25. The third kappa shape index (κ3) is 3.69. The molecule has 1 aromatic carbocycles. The molecular weight excluding hydrogens is 220 g/mol. The SMILES string of the molecule is COC(=O)COc1ccc(S(=O)[O-])cc1. The van der Waals surface area contributed by atoms with Crippen LogP contribution < -0.4 is 4.74 Å². The summed E-state index contributed by atoms with van der Waals surface area (Å²) in [6, 6.07) is 5.70. The summed E-state index contributed by atoms with van der Waals surface area (Å²) in [4.78, 5) is 10.9. The second-order valence-corrected chi connectivity index (χ2v) is 3.51. The molecule has 0 aromatic heterocycles. The van der Waals surface area contributed by atoms with Gasteiger partial charge in [-0.05, 0) is 35.3 Å². The first-order valence-electron chi connectivity index (χ1n) is 4.02. The first kappa shape index (κ1) is 11.7. The van der Waals surface area contributed by atoms with Gasteiger partial charge >= 0.3 is 5.97 Å². The van der Waals surface area contributed by atoms with Crippen molar-refractivity contribution in [2.45, 2.75) is 4.90 Å². The van der Waals surface area contributed by atoms with Gasteiger partial charge in [0, 0.05) is 4.90 Å². The molecule has 0 fully saturated rings. The maximum Gasteiger partial charge on any atom is 0.343 e. The van der Waals surface area contributed by atoms with Crippen molar-refractivity contribution in [3.63, 3.8) is 0 Å². The van der Waals surface area contributed by atoms with Gasteiger partial charge in [0.05, 0.1) is 7.11 Å². The highest BCUT2D eigenvalue weighted by Crippen LogP contribution is 2.13. The highest BCUT2D eigenvalue weighted by molar-refractivity contribution is 7.79. The number of esters is 1. The summed E-state index contributed by atoms with van der Waals surface area (Å²) in [5, 5.41) is 0. The number of rotatable bonds is 4. The lowest BCUT2D eigenvalue weighted by Crippen LogP contribution is -2.12. The van der Waals surface area contributed by atoms with Gasteiger partial charge in [-0.3, -0.25) is 4.21 Å². The lowest BCUT2D eigenvalue weighted by Gasteiger charge is -2.07. The first-order valence-corrected chi connectivity index (χ1v) is 5.10. The fraction of sp³-hybridized carbons (Fsp3) is 0.222. The molecule has 0 radical (unpaired) electrons. The minimum absolute atomic E-state index is 0.167. The summed E-state index contributed by atoms with van der Waals surface area (Å²) in [5.41, 5.74) is 0. The Labute approximate surface area is 89.3 Å². The zero-order chi connectivity index (χ0) is 11.3. The van der Waals surface area contributed by atoms with E-state index in [4.69, 9.17) is 4.74 Å². The monoisotopic (exact) mass is 229 g/mol. The number of carbonyl (C=O) groups is 1. The molecule has 0 spiro atoms. The van der Waals surface area contributed by atoms with E-state index in [0.29, 0.717) is 5.75 Å². The van der Waals surface area contributed by atoms with Gasteiger partial charge in [-0.15, -0.1) is 0 Å². The highest BCUT2D eigenvalue weighted by Gasteiger charge is 2.01. The van der Waals surface area contributed by atoms with E-state index in [1.165, 1.54) is 31.4 Å². The topological polar surface area (TPSA) is 75.7 Å². The molecule has 82 valence electrons. The molecule has 6 heteroatoms. The molecule has 0 saturated heterocycles. The zero-order valence-electron chi connectivity index (χ0n) is 7.97. The Morgan fingerprint density at radius 2 is 2.00 bits per heavy atom. The summed E-state index contributed by atoms with van der Waals surface area (Å²) < 4.78 is 30.4. The minimum atomic E-state index is -2.25. The van der Waals surface area contributed by atoms with E-state index in [1.54, 1.807) is 0 Å². The van der Waals surface area contributed by atoms with Crippen LogP contribution in [0.15, 0.2) is 29.2 Å². The van der Waals surface area contributed by atoms with Crippen LogP contribution in [0.5, 0.6) is 5.75 Å². The Balaban J connectivity index is 2.57. The Hall–Kier alpha value is -1.40. The predicted molar refractivity (Wildman–Crippen MR) is 51.1 cm³/mol. The van der Waals surface area contributed by atoms with Crippen molar-refractivity contribution in [2.24, 2.45) is 0 Å². The molecule has 15 heavy (non-hydrogen) atoms. The van der Waals surface area contributed by atoms with E-state index in [9.17, 15) is 13.6 Å². The van der Waals surface area contributed by atoms with Gasteiger partial charge in [-0.2, -0.15) is 0 Å². The van der Waals surface area contributed by atoms with E-state index >= 15 is 0 Å². The summed E-state index contributed by atoms with van der Waals surface area (Å²) in [5.74, 6) is -0.0823. The Morgan fingerprint density at radius 3 is 2.47 bits per heavy atom. The van der Waals surface area contributed by atoms with Gasteiger partial charge in [0.2, 0.25) is 0 Å². The summed E-state index contributed by atoms with van der Waals surface area (Å²) in [7, 11) is 1.26. The van der Waals surface area contributed by atoms with E-state index < -0.39 is 17.0 Å². The fourth-order valence-corrected chi connectivity index (χ4v) is 1.21. The van der Waals surface area contributed by atoms with Crippen molar-refractivity contribution in [3.05, 3.63) is 24.3 Å². The maximum absolute atomic E-state index is 10.7. The summed E-state index contributed by atoms with van der Waals surface area (Å²) in [6.07, 6.45) is 0. The van der Waals surface area contributed by atoms with Crippen LogP contribution >= 0.6 is 0 Å². The molecule has 1 atom stereocenters. The van der Waals surface area contributed by atoms with Crippen LogP contribution in [0.4, 0.5) is 0 Å². The second kappa shape index (κ2) is 5.47. The number of benzene rings is 1. The average Bonchev–Trinajstić information content (AvgIpc) is 2.26. The van der Waals surface area contributed by atoms with E-state index in [0.717, 1.165) is 0 Å². The number of hydrogen-bond donors (Lipinski definition) is 0. The molecule has 0 N–H and O–H groups in total. The zero-order valence-corrected chi connectivity index (χ0v) is 8.78. The summed E-state index contributed by atoms with van der Waals surface area (Å²) in [6.45, 7) is -0.198. The molecule has 0 heterocycles. The van der Waals surface area contributed by atoms with Crippen LogP contribution in [-0.4, -0.2) is 28.4 Å². The van der Waals surface area contributed by atoms with Crippen LogP contribution in [-0.2, 0) is 20.6 Å². The van der Waals surface area contributed by atoms with Gasteiger partial charge < -0.3 is 14.0 Å². The standard InChI is InChI=1S/C9H10O5S/c1-13-9(10)6-14-7-2-4-8(5-3-7)15(11)12/h2-5H,6H2,1H3,(H,11,12)/p-1. The molecule has 0 saturated carbocycles. The van der Waals surface area contributed by atoms with Crippen molar-refractivity contribution in [1.29, 1.82) is 0 Å². The number of carbonyl (C=O) groups excluding carboxylic acids is 1. The molecule has 5 nitrogen and oxygen atoms in total. The van der Waals surface area contributed by atoms with Crippen molar-refractivity contribution in [3.8, 4) is 5.75 Å². The van der Waals surface area contributed by atoms with Crippen LogP contribution in [0.3, 0.4) is 0 Å². The van der Waals surface area contributed by atoms with Crippen LogP contribution in [0.2, 0.25) is 0 Å². The predicted octanol–water partition coefficient (Wildman–Crippen LogP) is 0.476. The van der Waals surface area contributed by atoms with Gasteiger partial charge in [0.25, 0.3) is 0 Å². The molecule has 0 aliphatic rings. The largest absolute Gasteiger partial charge is 0.768 e. The molecule has 0 aliphatic heterocycles. The molecule has 1 rings (SSSR count). The maximum atomic E-state index is 10.7. The normalized spacial score (nSPS) is 11.9. The van der Waals surface area contributed by atoms with Gasteiger partial charge in [0.15, 0.2) is 6.61 Å². The smallest absolute Gasteiger partial charge is 0.343 e. The van der Waals surface area contributed by atoms with Crippen molar-refractivity contribution >= 4 is 17.0 Å². The van der Waals surface area contributed by atoms with Gasteiger partial charge in [0.1, 0.15) is 5.75 Å². The van der Waals surface area contributed by atoms with E-state index in [-0.39, 0.29) is 11.5 Å². The minimum Gasteiger partial charge on any atom is -0.768 e. The molecular formula is C9H9O5S-. The Morgan fingerprint density at radius 1 is 1.40 bits per heavy atom. The Bertz CT molecular complexity index is 359. The quantitative estimate of drug-likeness (QED) is 0.554. The van der Waals surface area contributed by atoms with E-state index in [2.05, 4.69) is 4.74 Å². The van der Waals surface area contributed by atoms with E-state index in [1.807, 2.05) is 0 Å². The first-order chi connectivity index (χ1) is 7.13. The molecule has 1 unspecified atom stereocenters. The third-order valence-electron chi connectivity index (χ3n) is 1.60. The lowest BCUT2D eigenvalue weighted by molar-refractivity contribution is -0.142. The number of hydrogen-bond acceptors (Lipinski definition) is 5. The van der Waals surface area contributed by atoms with Crippen molar-refractivity contribution in [1.82, 2.24) is 0 Å². The molecule has 1 aromatic rings. The van der Waals surface area contributed by atoms with Crippen LogP contribution in [0.25, 0.3) is 0 Å². The second-order valence-electron chi connectivity index (χ2n) is 2.57. The number of methoxy groups -OCH3 is 1. The van der Waals surface area contributed by atoms with Crippen molar-refractivity contribution in [2.75, 3.05) is 13.7 Å². The fourth-order valence-electron chi connectivity index (χ4n) is 0.848. The lowest BCUT2D eigenvalue weighted by atomic mass is 10.3. The van der Waals surface area contributed by atoms with Gasteiger partial charge in [-0.25, -0.2) is 4.79 Å². The third-order valence-corrected chi connectivity index (χ3v) is 2.26. The molecule has 0 bridgehead atoms. The molecule has 0 aliphatic carbocycles. The highest BCUT2D eigenvalue weighted by atomic mass is 32.2. The van der Waals surface area contributed by atoms with Crippen LogP contribution in [0.1, 0.15) is 0 Å². The average molecular weight is 229 g/mol.